The zero-order valence-corrected chi connectivity index (χ0v) is 7.97. The molecule has 1 aromatic heterocycles. The molecule has 0 saturated heterocycles. The lowest BCUT2D eigenvalue weighted by molar-refractivity contribution is 0.315. The first kappa shape index (κ1) is 9.95. The maximum atomic E-state index is 4.58. The monoisotopic (exact) mass is 199 g/mol. The van der Waals surface area contributed by atoms with Gasteiger partial charge in [0.2, 0.25) is 0 Å². The van der Waals surface area contributed by atoms with Gasteiger partial charge in [-0.05, 0) is 35.1 Å². The smallest absolute Gasteiger partial charge is 0.135 e. The molecule has 0 bridgehead atoms. The molecule has 1 aromatic carbocycles. The fraction of sp³-hybridized carbons (Fsp3) is 0.250. The largest absolute Gasteiger partial charge is 0.316 e. The summed E-state index contributed by atoms with van der Waals surface area (Å²) in [5, 5.41) is 10.5. The van der Waals surface area contributed by atoms with E-state index in [1.165, 1.54) is 5.56 Å². The highest BCUT2D eigenvalue weighted by molar-refractivity contribution is 5.85. The molecule has 4 nitrogen and oxygen atoms in total. The van der Waals surface area contributed by atoms with E-state index in [0.717, 1.165) is 17.6 Å². The molecule has 70 valence electrons. The van der Waals surface area contributed by atoms with Gasteiger partial charge >= 0.3 is 0 Å². The highest BCUT2D eigenvalue weighted by Gasteiger charge is 1.99. The summed E-state index contributed by atoms with van der Waals surface area (Å²) in [6.07, 6.45) is 0. The molecule has 2 rings (SSSR count). The fourth-order valence-corrected chi connectivity index (χ4v) is 1.14. The lowest BCUT2D eigenvalue weighted by Gasteiger charge is -1.96. The molecular formula is C8H10ClN3O. The summed E-state index contributed by atoms with van der Waals surface area (Å²) in [4.78, 5) is 0. The van der Waals surface area contributed by atoms with Gasteiger partial charge in [0.05, 0.1) is 0 Å². The lowest BCUT2D eigenvalue weighted by atomic mass is 10.2. The Hall–Kier alpha value is -1.13. The van der Waals surface area contributed by atoms with Crippen LogP contribution in [0.2, 0.25) is 0 Å². The van der Waals surface area contributed by atoms with E-state index in [4.69, 9.17) is 0 Å². The topological polar surface area (TPSA) is 51.0 Å². The Labute approximate surface area is 81.7 Å². The lowest BCUT2D eigenvalue weighted by Crippen LogP contribution is -2.04. The quantitative estimate of drug-likeness (QED) is 0.794. The van der Waals surface area contributed by atoms with Crippen molar-refractivity contribution in [2.45, 2.75) is 6.54 Å². The van der Waals surface area contributed by atoms with Crippen LogP contribution in [0.25, 0.3) is 11.0 Å². The molecule has 0 unspecified atom stereocenters. The minimum absolute atomic E-state index is 0. The standard InChI is InChI=1S/C8H9N3O.ClH/c1-9-5-6-2-3-7-8(4-6)11-12-10-7;/h2-4,9H,5H2,1H3;1H. The number of nitrogens with one attached hydrogen (secondary N) is 1. The van der Waals surface area contributed by atoms with Gasteiger partial charge < -0.3 is 5.32 Å². The summed E-state index contributed by atoms with van der Waals surface area (Å²) < 4.78 is 4.58. The van der Waals surface area contributed by atoms with E-state index in [2.05, 4.69) is 20.3 Å². The van der Waals surface area contributed by atoms with Crippen LogP contribution in [-0.4, -0.2) is 17.4 Å². The van der Waals surface area contributed by atoms with E-state index in [1.807, 2.05) is 25.2 Å². The molecule has 0 aliphatic heterocycles. The first-order valence-corrected chi connectivity index (χ1v) is 3.76. The Bertz CT molecular complexity index is 388. The molecule has 1 N–H and O–H groups in total. The van der Waals surface area contributed by atoms with Crippen molar-refractivity contribution in [3.05, 3.63) is 23.8 Å². The summed E-state index contributed by atoms with van der Waals surface area (Å²) in [5.41, 5.74) is 2.79. The average molecular weight is 200 g/mol. The molecule has 0 radical (unpaired) electrons. The van der Waals surface area contributed by atoms with Crippen LogP contribution in [0, 0.1) is 0 Å². The van der Waals surface area contributed by atoms with Crippen molar-refractivity contribution in [3.63, 3.8) is 0 Å². The second-order valence-electron chi connectivity index (χ2n) is 2.62. The van der Waals surface area contributed by atoms with Crippen LogP contribution in [0.4, 0.5) is 0 Å². The van der Waals surface area contributed by atoms with Crippen molar-refractivity contribution in [3.8, 4) is 0 Å². The van der Waals surface area contributed by atoms with Gasteiger partial charge in [0.25, 0.3) is 0 Å². The molecule has 0 fully saturated rings. The third kappa shape index (κ3) is 1.96. The first-order valence-electron chi connectivity index (χ1n) is 3.76. The minimum atomic E-state index is 0. The Morgan fingerprint density at radius 1 is 1.31 bits per heavy atom. The van der Waals surface area contributed by atoms with Crippen LogP contribution in [0.15, 0.2) is 22.8 Å². The average Bonchev–Trinajstić information content (AvgIpc) is 2.51. The maximum Gasteiger partial charge on any atom is 0.135 e. The molecule has 5 heteroatoms. The number of rotatable bonds is 2. The van der Waals surface area contributed by atoms with Crippen molar-refractivity contribution < 1.29 is 4.63 Å². The van der Waals surface area contributed by atoms with Gasteiger partial charge in [0, 0.05) is 6.54 Å². The summed E-state index contributed by atoms with van der Waals surface area (Å²) in [6, 6.07) is 5.86. The molecule has 1 heterocycles. The minimum Gasteiger partial charge on any atom is -0.316 e. The predicted molar refractivity (Wildman–Crippen MR) is 51.8 cm³/mol. The second-order valence-corrected chi connectivity index (χ2v) is 2.62. The van der Waals surface area contributed by atoms with Gasteiger partial charge in [-0.15, -0.1) is 12.4 Å². The third-order valence-electron chi connectivity index (χ3n) is 1.70. The molecule has 0 saturated carbocycles. The number of hydrogen-bond acceptors (Lipinski definition) is 4. The van der Waals surface area contributed by atoms with E-state index in [0.29, 0.717) is 0 Å². The van der Waals surface area contributed by atoms with Crippen molar-refractivity contribution in [1.82, 2.24) is 15.6 Å². The van der Waals surface area contributed by atoms with E-state index in [9.17, 15) is 0 Å². The number of fused-ring (bicyclic) bond motifs is 1. The molecular weight excluding hydrogens is 190 g/mol. The Morgan fingerprint density at radius 2 is 2.08 bits per heavy atom. The number of nitrogens with zero attached hydrogens (tertiary/aromatic N) is 2. The predicted octanol–water partition coefficient (Wildman–Crippen LogP) is 1.36. The zero-order chi connectivity index (χ0) is 8.39. The second kappa shape index (κ2) is 4.20. The summed E-state index contributed by atoms with van der Waals surface area (Å²) in [6.45, 7) is 0.836. The molecule has 13 heavy (non-hydrogen) atoms. The Morgan fingerprint density at radius 3 is 2.85 bits per heavy atom. The van der Waals surface area contributed by atoms with E-state index >= 15 is 0 Å². The fourth-order valence-electron chi connectivity index (χ4n) is 1.14. The van der Waals surface area contributed by atoms with Crippen molar-refractivity contribution in [2.24, 2.45) is 0 Å². The number of halogens is 1. The molecule has 0 aliphatic carbocycles. The zero-order valence-electron chi connectivity index (χ0n) is 7.15. The Balaban J connectivity index is 0.000000845. The van der Waals surface area contributed by atoms with E-state index in [1.54, 1.807) is 0 Å². The van der Waals surface area contributed by atoms with Gasteiger partial charge in [0.1, 0.15) is 11.0 Å². The summed E-state index contributed by atoms with van der Waals surface area (Å²) >= 11 is 0. The van der Waals surface area contributed by atoms with Crippen LogP contribution in [0.1, 0.15) is 5.56 Å². The number of benzene rings is 1. The van der Waals surface area contributed by atoms with E-state index < -0.39 is 0 Å². The highest BCUT2D eigenvalue weighted by Crippen LogP contribution is 2.10. The van der Waals surface area contributed by atoms with Crippen LogP contribution >= 0.6 is 12.4 Å². The molecule has 2 aromatic rings. The van der Waals surface area contributed by atoms with Gasteiger partial charge in [-0.3, -0.25) is 0 Å². The maximum absolute atomic E-state index is 4.58. The van der Waals surface area contributed by atoms with Crippen LogP contribution in [0.5, 0.6) is 0 Å². The summed E-state index contributed by atoms with van der Waals surface area (Å²) in [7, 11) is 1.91. The highest BCUT2D eigenvalue weighted by atomic mass is 35.5. The summed E-state index contributed by atoms with van der Waals surface area (Å²) in [5.74, 6) is 0. The molecule has 0 amide bonds. The van der Waals surface area contributed by atoms with Gasteiger partial charge in [-0.1, -0.05) is 6.07 Å². The van der Waals surface area contributed by atoms with Gasteiger partial charge in [0.15, 0.2) is 0 Å². The molecule has 0 aliphatic rings. The van der Waals surface area contributed by atoms with Gasteiger partial charge in [-0.2, -0.15) is 0 Å². The first-order chi connectivity index (χ1) is 5.90. The van der Waals surface area contributed by atoms with Crippen LogP contribution in [-0.2, 0) is 6.54 Å². The van der Waals surface area contributed by atoms with Crippen molar-refractivity contribution >= 4 is 23.4 Å². The SMILES string of the molecule is CNCc1ccc2nonc2c1.Cl. The van der Waals surface area contributed by atoms with Crippen molar-refractivity contribution in [2.75, 3.05) is 7.05 Å². The van der Waals surface area contributed by atoms with Gasteiger partial charge in [-0.25, -0.2) is 4.63 Å². The molecule has 0 spiro atoms. The number of aromatic nitrogens is 2. The van der Waals surface area contributed by atoms with Crippen LogP contribution in [0.3, 0.4) is 0 Å². The van der Waals surface area contributed by atoms with E-state index in [-0.39, 0.29) is 12.4 Å². The third-order valence-corrected chi connectivity index (χ3v) is 1.70. The Kier molecular flexibility index (Phi) is 3.22. The van der Waals surface area contributed by atoms with Crippen LogP contribution < -0.4 is 5.32 Å². The number of hydrogen-bond donors (Lipinski definition) is 1. The van der Waals surface area contributed by atoms with Crippen molar-refractivity contribution in [1.29, 1.82) is 0 Å². The molecule has 0 atom stereocenters. The normalized spacial score (nSPS) is 9.92.